The summed E-state index contributed by atoms with van der Waals surface area (Å²) in [5, 5.41) is 2.97. The molecule has 0 saturated carbocycles. The van der Waals surface area contributed by atoms with Crippen molar-refractivity contribution in [3.05, 3.63) is 96.1 Å². The average Bonchev–Trinajstić information content (AvgIpc) is 2.67. The van der Waals surface area contributed by atoms with E-state index in [1.165, 1.54) is 0 Å². The van der Waals surface area contributed by atoms with Crippen LogP contribution in [-0.4, -0.2) is 13.8 Å². The molecule has 0 aliphatic heterocycles. The van der Waals surface area contributed by atoms with E-state index in [0.29, 0.717) is 12.3 Å². The van der Waals surface area contributed by atoms with Gasteiger partial charge in [-0.25, -0.2) is 0 Å². The maximum Gasteiger partial charge on any atom is 0.266 e. The lowest BCUT2D eigenvalue weighted by molar-refractivity contribution is -0.128. The summed E-state index contributed by atoms with van der Waals surface area (Å²) < 4.78 is 5.99. The summed E-state index contributed by atoms with van der Waals surface area (Å²) in [5.74, 6) is 0.518. The van der Waals surface area contributed by atoms with E-state index in [4.69, 9.17) is 4.74 Å². The summed E-state index contributed by atoms with van der Waals surface area (Å²) in [7, 11) is 2.02. The van der Waals surface area contributed by atoms with Crippen LogP contribution in [0, 0.1) is 0 Å². The van der Waals surface area contributed by atoms with E-state index in [-0.39, 0.29) is 5.91 Å². The zero-order chi connectivity index (χ0) is 17.5. The number of ether oxygens (including phenoxy) is 1. The number of nitrogens with one attached hydrogen (secondary N) is 1. The summed E-state index contributed by atoms with van der Waals surface area (Å²) in [4.78, 5) is 12.8. The van der Waals surface area contributed by atoms with Crippen LogP contribution in [0.1, 0.15) is 17.2 Å². The van der Waals surface area contributed by atoms with Crippen LogP contribution in [0.2, 0.25) is 0 Å². The summed E-state index contributed by atoms with van der Waals surface area (Å²) >= 11 is 0. The van der Waals surface area contributed by atoms with Crippen LogP contribution < -0.4 is 15.5 Å². The van der Waals surface area contributed by atoms with Crippen LogP contribution in [-0.2, 0) is 11.3 Å². The SMILES string of the molecule is Bc1ccc(OC(C(=O)NCc2ccccc2)c2ccccc2)cc1. The number of carbonyl (C=O) groups excluding carboxylic acids is 1. The van der Waals surface area contributed by atoms with Crippen molar-refractivity contribution in [3.8, 4) is 5.75 Å². The minimum Gasteiger partial charge on any atom is -0.476 e. The molecule has 1 atom stereocenters. The lowest BCUT2D eigenvalue weighted by atomic mass is 9.97. The zero-order valence-electron chi connectivity index (χ0n) is 14.2. The minimum absolute atomic E-state index is 0.157. The van der Waals surface area contributed by atoms with Gasteiger partial charge in [0.05, 0.1) is 0 Å². The van der Waals surface area contributed by atoms with Crippen molar-refractivity contribution in [2.24, 2.45) is 0 Å². The average molecular weight is 329 g/mol. The molecule has 3 nitrogen and oxygen atoms in total. The van der Waals surface area contributed by atoms with Crippen molar-refractivity contribution in [2.75, 3.05) is 0 Å². The second-order valence-corrected chi connectivity index (χ2v) is 5.93. The minimum atomic E-state index is -0.687. The third kappa shape index (κ3) is 4.74. The van der Waals surface area contributed by atoms with E-state index in [1.54, 1.807) is 0 Å². The van der Waals surface area contributed by atoms with Gasteiger partial charge in [0.1, 0.15) is 13.6 Å². The number of rotatable bonds is 6. The molecule has 0 saturated heterocycles. The fraction of sp³-hybridized carbons (Fsp3) is 0.0952. The van der Waals surface area contributed by atoms with Crippen molar-refractivity contribution in [3.63, 3.8) is 0 Å². The lowest BCUT2D eigenvalue weighted by Crippen LogP contribution is -2.32. The Morgan fingerprint density at radius 3 is 2.12 bits per heavy atom. The summed E-state index contributed by atoms with van der Waals surface area (Å²) in [6.45, 7) is 0.472. The molecule has 1 amide bonds. The van der Waals surface area contributed by atoms with Crippen molar-refractivity contribution in [2.45, 2.75) is 12.6 Å². The van der Waals surface area contributed by atoms with E-state index in [9.17, 15) is 4.79 Å². The van der Waals surface area contributed by atoms with Crippen molar-refractivity contribution in [1.82, 2.24) is 5.32 Å². The number of benzene rings is 3. The molecule has 25 heavy (non-hydrogen) atoms. The topological polar surface area (TPSA) is 38.3 Å². The first kappa shape index (κ1) is 16.8. The zero-order valence-corrected chi connectivity index (χ0v) is 14.2. The van der Waals surface area contributed by atoms with Crippen molar-refractivity contribution >= 4 is 19.2 Å². The highest BCUT2D eigenvalue weighted by Gasteiger charge is 2.22. The molecule has 3 aromatic rings. The van der Waals surface area contributed by atoms with Crippen LogP contribution in [0.5, 0.6) is 5.75 Å². The standard InChI is InChI=1S/C21H20BNO2/c22-18-11-13-19(14-12-18)25-20(17-9-5-2-6-10-17)21(24)23-15-16-7-3-1-4-8-16/h1-14,20H,15,22H2,(H,23,24). The van der Waals surface area contributed by atoms with Gasteiger partial charge < -0.3 is 10.1 Å². The second kappa shape index (κ2) is 8.20. The molecule has 0 fully saturated rings. The van der Waals surface area contributed by atoms with E-state index >= 15 is 0 Å². The molecule has 0 radical (unpaired) electrons. The molecule has 4 heteroatoms. The molecule has 0 aromatic heterocycles. The predicted octanol–water partition coefficient (Wildman–Crippen LogP) is 2.38. The number of carbonyl (C=O) groups is 1. The molecule has 0 aliphatic rings. The quantitative estimate of drug-likeness (QED) is 0.705. The molecule has 1 N–H and O–H groups in total. The van der Waals surface area contributed by atoms with Crippen molar-refractivity contribution < 1.29 is 9.53 Å². The normalized spacial score (nSPS) is 11.5. The highest BCUT2D eigenvalue weighted by molar-refractivity contribution is 6.32. The smallest absolute Gasteiger partial charge is 0.266 e. The Bertz CT molecular complexity index is 804. The largest absolute Gasteiger partial charge is 0.476 e. The first-order valence-electron chi connectivity index (χ1n) is 8.32. The Hall–Kier alpha value is -3.01. The molecule has 0 bridgehead atoms. The number of amides is 1. The van der Waals surface area contributed by atoms with E-state index in [1.807, 2.05) is 92.8 Å². The van der Waals surface area contributed by atoms with Gasteiger partial charge in [-0.05, 0) is 17.7 Å². The summed E-state index contributed by atoms with van der Waals surface area (Å²) in [5.41, 5.74) is 3.03. The maximum atomic E-state index is 12.8. The highest BCUT2D eigenvalue weighted by atomic mass is 16.5. The van der Waals surface area contributed by atoms with Gasteiger partial charge in [0.2, 0.25) is 6.10 Å². The van der Waals surface area contributed by atoms with Crippen LogP contribution in [0.15, 0.2) is 84.9 Å². The maximum absolute atomic E-state index is 12.8. The van der Waals surface area contributed by atoms with Gasteiger partial charge in [0.25, 0.3) is 5.91 Å². The van der Waals surface area contributed by atoms with Crippen LogP contribution in [0.25, 0.3) is 0 Å². The van der Waals surface area contributed by atoms with Crippen LogP contribution in [0.3, 0.4) is 0 Å². The second-order valence-electron chi connectivity index (χ2n) is 5.93. The molecule has 3 aromatic carbocycles. The molecule has 1 unspecified atom stereocenters. The molecule has 124 valence electrons. The third-order valence-electron chi connectivity index (χ3n) is 3.92. The van der Waals surface area contributed by atoms with Gasteiger partial charge in [-0.1, -0.05) is 78.3 Å². The Morgan fingerprint density at radius 2 is 1.48 bits per heavy atom. The Labute approximate surface area is 149 Å². The first-order chi connectivity index (χ1) is 12.2. The predicted molar refractivity (Wildman–Crippen MR) is 103 cm³/mol. The molecular formula is C21H20BNO2. The Kier molecular flexibility index (Phi) is 5.52. The third-order valence-corrected chi connectivity index (χ3v) is 3.92. The van der Waals surface area contributed by atoms with E-state index in [0.717, 1.165) is 16.6 Å². The van der Waals surface area contributed by atoms with Crippen LogP contribution in [0.4, 0.5) is 0 Å². The van der Waals surface area contributed by atoms with E-state index < -0.39 is 6.10 Å². The van der Waals surface area contributed by atoms with Gasteiger partial charge in [-0.2, -0.15) is 0 Å². The fourth-order valence-electron chi connectivity index (χ4n) is 2.53. The monoisotopic (exact) mass is 329 g/mol. The fourth-order valence-corrected chi connectivity index (χ4v) is 2.53. The highest BCUT2D eigenvalue weighted by Crippen LogP contribution is 2.21. The van der Waals surface area contributed by atoms with Crippen molar-refractivity contribution in [1.29, 1.82) is 0 Å². The molecule has 0 heterocycles. The lowest BCUT2D eigenvalue weighted by Gasteiger charge is -2.19. The molecule has 0 spiro atoms. The first-order valence-corrected chi connectivity index (χ1v) is 8.32. The number of hydrogen-bond acceptors (Lipinski definition) is 2. The van der Waals surface area contributed by atoms with Crippen LogP contribution >= 0.6 is 0 Å². The number of hydrogen-bond donors (Lipinski definition) is 1. The van der Waals surface area contributed by atoms with Gasteiger partial charge in [-0.3, -0.25) is 4.79 Å². The summed E-state index contributed by atoms with van der Waals surface area (Å²) in [6, 6.07) is 27.1. The van der Waals surface area contributed by atoms with Gasteiger partial charge in [-0.15, -0.1) is 0 Å². The van der Waals surface area contributed by atoms with E-state index in [2.05, 4.69) is 5.32 Å². The summed E-state index contributed by atoms with van der Waals surface area (Å²) in [6.07, 6.45) is -0.687. The molecule has 0 aliphatic carbocycles. The Morgan fingerprint density at radius 1 is 0.880 bits per heavy atom. The molecular weight excluding hydrogens is 309 g/mol. The van der Waals surface area contributed by atoms with Gasteiger partial charge >= 0.3 is 0 Å². The van der Waals surface area contributed by atoms with Gasteiger partial charge in [0.15, 0.2) is 0 Å². The Balaban J connectivity index is 1.76. The molecule has 3 rings (SSSR count). The van der Waals surface area contributed by atoms with Gasteiger partial charge in [0, 0.05) is 12.1 Å².